The Bertz CT molecular complexity index is 1630. The van der Waals surface area contributed by atoms with Crippen molar-refractivity contribution in [3.05, 3.63) is 198 Å². The number of imidazole rings is 1. The van der Waals surface area contributed by atoms with Gasteiger partial charge in [-0.1, -0.05) is 152 Å². The molecule has 0 aliphatic rings. The van der Waals surface area contributed by atoms with Crippen LogP contribution in [0.5, 0.6) is 0 Å². The molecule has 5 nitrogen and oxygen atoms in total. The zero-order valence-corrected chi connectivity index (χ0v) is 23.1. The second kappa shape index (κ2) is 10.8. The van der Waals surface area contributed by atoms with E-state index >= 15 is 0 Å². The molecule has 0 aliphatic carbocycles. The van der Waals surface area contributed by atoms with Gasteiger partial charge in [-0.25, -0.2) is 4.98 Å². The Kier molecular flexibility index (Phi) is 7.02. The molecule has 1 heterocycles. The molecule has 6 aromatic rings. The van der Waals surface area contributed by atoms with Gasteiger partial charge in [0.15, 0.2) is 5.16 Å². The van der Waals surface area contributed by atoms with Crippen LogP contribution in [0.1, 0.15) is 33.5 Å². The first-order valence-corrected chi connectivity index (χ1v) is 15.0. The van der Waals surface area contributed by atoms with Crippen LogP contribution < -0.4 is 0 Å². The van der Waals surface area contributed by atoms with Crippen molar-refractivity contribution in [3.8, 4) is 0 Å². The van der Waals surface area contributed by atoms with E-state index in [-0.39, 0.29) is 5.69 Å². The molecule has 0 unspecified atom stereocenters. The fraction of sp³-hybridized carbons (Fsp3) is 0.0571. The van der Waals surface area contributed by atoms with Gasteiger partial charge in [0.05, 0.1) is 12.0 Å². The Morgan fingerprint density at radius 3 is 1.15 bits per heavy atom. The van der Waals surface area contributed by atoms with Crippen molar-refractivity contribution in [1.29, 1.82) is 0 Å². The van der Waals surface area contributed by atoms with Gasteiger partial charge in [-0.05, 0) is 27.8 Å². The summed E-state index contributed by atoms with van der Waals surface area (Å²) in [6, 6.07) is 48.3. The van der Waals surface area contributed by atoms with E-state index in [0.717, 1.165) is 16.7 Å². The van der Waals surface area contributed by atoms with Gasteiger partial charge in [0.25, 0.3) is 0 Å². The first-order valence-electron chi connectivity index (χ1n) is 13.4. The second-order valence-corrected chi connectivity index (χ2v) is 11.7. The highest BCUT2D eigenvalue weighted by molar-refractivity contribution is 7.53. The van der Waals surface area contributed by atoms with E-state index < -0.39 is 18.3 Å². The summed E-state index contributed by atoms with van der Waals surface area (Å²) in [7, 11) is -4.90. The third kappa shape index (κ3) is 4.36. The number of benzene rings is 5. The number of nitrogens with zero attached hydrogens (tertiary/aromatic N) is 2. The zero-order valence-electron chi connectivity index (χ0n) is 22.2. The van der Waals surface area contributed by atoms with Gasteiger partial charge in [0.2, 0.25) is 0 Å². The lowest BCUT2D eigenvalue weighted by Crippen LogP contribution is -2.37. The summed E-state index contributed by atoms with van der Waals surface area (Å²) in [6.07, 6.45) is 3.49. The molecule has 0 amide bonds. The molecule has 1 aromatic heterocycles. The minimum atomic E-state index is -4.90. The van der Waals surface area contributed by atoms with Crippen molar-refractivity contribution < 1.29 is 14.4 Å². The van der Waals surface area contributed by atoms with Gasteiger partial charge in [0.1, 0.15) is 5.54 Å². The van der Waals surface area contributed by atoms with Gasteiger partial charge in [-0.2, -0.15) is 0 Å². The van der Waals surface area contributed by atoms with Crippen LogP contribution >= 0.6 is 7.60 Å². The molecule has 41 heavy (non-hydrogen) atoms. The first-order chi connectivity index (χ1) is 20.0. The second-order valence-electron chi connectivity index (χ2n) is 9.96. The van der Waals surface area contributed by atoms with E-state index in [0.29, 0.717) is 11.1 Å². The summed E-state index contributed by atoms with van der Waals surface area (Å²) in [5.41, 5.74) is 3.29. The first kappa shape index (κ1) is 26.7. The number of aromatic nitrogens is 2. The molecule has 0 saturated carbocycles. The lowest BCUT2D eigenvalue weighted by atomic mass is 9.76. The topological polar surface area (TPSA) is 75.3 Å². The SMILES string of the molecule is O=P(O)(O)C(c1ccccc1)(c1ccccc1)c1cn(C(c2ccccc2)(c2ccccc2)c2ccccc2)cn1. The third-order valence-electron chi connectivity index (χ3n) is 7.74. The summed E-state index contributed by atoms with van der Waals surface area (Å²) >= 11 is 0. The fourth-order valence-electron chi connectivity index (χ4n) is 5.99. The van der Waals surface area contributed by atoms with Crippen LogP contribution in [-0.2, 0) is 15.3 Å². The van der Waals surface area contributed by atoms with Crippen molar-refractivity contribution in [2.24, 2.45) is 0 Å². The number of hydrogen-bond acceptors (Lipinski definition) is 2. The Morgan fingerprint density at radius 1 is 0.512 bits per heavy atom. The lowest BCUT2D eigenvalue weighted by Gasteiger charge is -2.38. The monoisotopic (exact) mass is 556 g/mol. The minimum absolute atomic E-state index is 0.260. The fourth-order valence-corrected chi connectivity index (χ4v) is 7.37. The van der Waals surface area contributed by atoms with E-state index in [1.165, 1.54) is 0 Å². The summed E-state index contributed by atoms with van der Waals surface area (Å²) in [5.74, 6) is 0. The maximum Gasteiger partial charge on any atom is 0.346 e. The van der Waals surface area contributed by atoms with E-state index in [2.05, 4.69) is 36.4 Å². The van der Waals surface area contributed by atoms with Crippen LogP contribution in [0.25, 0.3) is 0 Å². The van der Waals surface area contributed by atoms with Crippen LogP contribution in [0.4, 0.5) is 0 Å². The lowest BCUT2D eigenvalue weighted by molar-refractivity contribution is 0.348. The largest absolute Gasteiger partial charge is 0.346 e. The van der Waals surface area contributed by atoms with Crippen LogP contribution in [0.2, 0.25) is 0 Å². The quantitative estimate of drug-likeness (QED) is 0.154. The molecule has 0 spiro atoms. The molecule has 5 aromatic carbocycles. The Labute approximate surface area is 239 Å². The van der Waals surface area contributed by atoms with Crippen LogP contribution in [0, 0.1) is 0 Å². The molecular formula is C35H29N2O3P. The summed E-state index contributed by atoms with van der Waals surface area (Å²) < 4.78 is 15.8. The minimum Gasteiger partial charge on any atom is -0.323 e. The number of hydrogen-bond donors (Lipinski definition) is 2. The summed E-state index contributed by atoms with van der Waals surface area (Å²) in [6.45, 7) is 0. The van der Waals surface area contributed by atoms with Crippen molar-refractivity contribution in [1.82, 2.24) is 9.55 Å². The van der Waals surface area contributed by atoms with E-state index in [9.17, 15) is 14.4 Å². The molecular weight excluding hydrogens is 527 g/mol. The molecule has 0 bridgehead atoms. The Hall–Kier alpha value is -4.54. The highest BCUT2D eigenvalue weighted by atomic mass is 31.2. The summed E-state index contributed by atoms with van der Waals surface area (Å²) in [5, 5.41) is -1.82. The zero-order chi connectivity index (χ0) is 28.3. The predicted octanol–water partition coefficient (Wildman–Crippen LogP) is 7.19. The van der Waals surface area contributed by atoms with E-state index in [4.69, 9.17) is 4.98 Å². The molecule has 0 atom stereocenters. The molecule has 0 aliphatic heterocycles. The molecule has 6 heteroatoms. The van der Waals surface area contributed by atoms with Crippen LogP contribution in [-0.4, -0.2) is 19.3 Å². The van der Waals surface area contributed by atoms with Gasteiger partial charge in [0, 0.05) is 6.20 Å². The highest BCUT2D eigenvalue weighted by Gasteiger charge is 2.54. The predicted molar refractivity (Wildman–Crippen MR) is 162 cm³/mol. The molecule has 2 N–H and O–H groups in total. The molecule has 0 saturated heterocycles. The van der Waals surface area contributed by atoms with Crippen LogP contribution in [0.3, 0.4) is 0 Å². The third-order valence-corrected chi connectivity index (χ3v) is 9.35. The van der Waals surface area contributed by atoms with Crippen molar-refractivity contribution >= 4 is 7.60 Å². The standard InChI is InChI=1S/C35H29N2O3P/c38-41(39,40)35(31-22-12-4-13-23-31,32-24-14-5-15-25-32)33-26-37(27-36-33)34(28-16-6-1-7-17-28,29-18-8-2-9-19-29)30-20-10-3-11-21-30/h1-27H,(H2,38,39,40). The number of rotatable bonds is 8. The molecule has 0 radical (unpaired) electrons. The van der Waals surface area contributed by atoms with Gasteiger partial charge < -0.3 is 14.4 Å². The van der Waals surface area contributed by atoms with Gasteiger partial charge in [-0.3, -0.25) is 4.57 Å². The smallest absolute Gasteiger partial charge is 0.323 e. The maximum absolute atomic E-state index is 13.8. The molecule has 0 fully saturated rings. The van der Waals surface area contributed by atoms with Gasteiger partial charge in [-0.15, -0.1) is 0 Å². The van der Waals surface area contributed by atoms with Crippen LogP contribution in [0.15, 0.2) is 164 Å². The van der Waals surface area contributed by atoms with E-state index in [1.54, 1.807) is 61.1 Å². The normalized spacial score (nSPS) is 12.2. The average Bonchev–Trinajstić information content (AvgIpc) is 3.50. The van der Waals surface area contributed by atoms with Crippen molar-refractivity contribution in [2.75, 3.05) is 0 Å². The maximum atomic E-state index is 13.8. The summed E-state index contributed by atoms with van der Waals surface area (Å²) in [4.78, 5) is 27.2. The van der Waals surface area contributed by atoms with Crippen molar-refractivity contribution in [2.45, 2.75) is 10.7 Å². The average molecular weight is 557 g/mol. The Morgan fingerprint density at radius 2 is 0.829 bits per heavy atom. The molecule has 202 valence electrons. The van der Waals surface area contributed by atoms with E-state index in [1.807, 2.05) is 71.3 Å². The molecule has 6 rings (SSSR count). The van der Waals surface area contributed by atoms with Crippen molar-refractivity contribution in [3.63, 3.8) is 0 Å². The van der Waals surface area contributed by atoms with Gasteiger partial charge >= 0.3 is 7.60 Å². The highest BCUT2D eigenvalue weighted by Crippen LogP contribution is 2.64. The Balaban J connectivity index is 1.71.